The zero-order chi connectivity index (χ0) is 12.3. The fourth-order valence-corrected chi connectivity index (χ4v) is 2.05. The van der Waals surface area contributed by atoms with Crippen LogP contribution < -0.4 is 10.1 Å². The molecule has 0 spiro atoms. The monoisotopic (exact) mass is 237 g/mol. The lowest BCUT2D eigenvalue weighted by Gasteiger charge is -2.24. The Labute approximate surface area is 102 Å². The summed E-state index contributed by atoms with van der Waals surface area (Å²) in [4.78, 5) is 0. The summed E-state index contributed by atoms with van der Waals surface area (Å²) in [5.41, 5.74) is -0.650. The van der Waals surface area contributed by atoms with E-state index in [0.717, 1.165) is 31.7 Å². The summed E-state index contributed by atoms with van der Waals surface area (Å²) in [6.07, 6.45) is 2.41. The first-order valence-corrected chi connectivity index (χ1v) is 6.22. The Hall–Kier alpha value is -1.09. The molecule has 0 amide bonds. The van der Waals surface area contributed by atoms with Crippen molar-refractivity contribution in [3.05, 3.63) is 29.8 Å². The topological polar surface area (TPSA) is 21.3 Å². The molecule has 3 heteroatoms. The molecule has 1 unspecified atom stereocenters. The van der Waals surface area contributed by atoms with Gasteiger partial charge in [0.05, 0.1) is 0 Å². The Kier molecular flexibility index (Phi) is 3.67. The standard InChI is InChI=1S/C14H20FNO/c1-14(2,15)11-5-3-6-12(9-11)17-13-7-4-8-16-10-13/h3,5-6,9,13,16H,4,7-8,10H2,1-2H3. The van der Waals surface area contributed by atoms with Crippen molar-refractivity contribution >= 4 is 0 Å². The number of ether oxygens (including phenoxy) is 1. The van der Waals surface area contributed by atoms with E-state index in [0.29, 0.717) is 5.56 Å². The summed E-state index contributed by atoms with van der Waals surface area (Å²) in [6, 6.07) is 7.34. The number of rotatable bonds is 3. The first-order valence-electron chi connectivity index (χ1n) is 6.22. The predicted molar refractivity (Wildman–Crippen MR) is 67.1 cm³/mol. The second-order valence-electron chi connectivity index (χ2n) is 5.09. The molecule has 94 valence electrons. The third-order valence-corrected chi connectivity index (χ3v) is 3.07. The fourth-order valence-electron chi connectivity index (χ4n) is 2.05. The van der Waals surface area contributed by atoms with Gasteiger partial charge < -0.3 is 10.1 Å². The molecule has 1 heterocycles. The van der Waals surface area contributed by atoms with Gasteiger partial charge >= 0.3 is 0 Å². The van der Waals surface area contributed by atoms with Gasteiger partial charge in [-0.1, -0.05) is 12.1 Å². The molecule has 1 fully saturated rings. The molecule has 0 bridgehead atoms. The molecule has 1 aromatic carbocycles. The van der Waals surface area contributed by atoms with E-state index in [4.69, 9.17) is 4.74 Å². The zero-order valence-electron chi connectivity index (χ0n) is 10.5. The van der Waals surface area contributed by atoms with Crippen molar-refractivity contribution in [1.82, 2.24) is 5.32 Å². The van der Waals surface area contributed by atoms with Crippen LogP contribution in [0.5, 0.6) is 5.75 Å². The number of hydrogen-bond donors (Lipinski definition) is 1. The number of halogens is 1. The number of nitrogens with one attached hydrogen (secondary N) is 1. The van der Waals surface area contributed by atoms with Gasteiger partial charge in [-0.05, 0) is 50.9 Å². The number of hydrogen-bond acceptors (Lipinski definition) is 2. The van der Waals surface area contributed by atoms with Gasteiger partial charge in [-0.3, -0.25) is 0 Å². The zero-order valence-corrected chi connectivity index (χ0v) is 10.5. The highest BCUT2D eigenvalue weighted by Crippen LogP contribution is 2.28. The van der Waals surface area contributed by atoms with E-state index in [1.54, 1.807) is 26.0 Å². The van der Waals surface area contributed by atoms with E-state index >= 15 is 0 Å². The van der Waals surface area contributed by atoms with Crippen LogP contribution in [0.1, 0.15) is 32.3 Å². The minimum atomic E-state index is -1.32. The lowest BCUT2D eigenvalue weighted by Crippen LogP contribution is -2.37. The smallest absolute Gasteiger partial charge is 0.130 e. The van der Waals surface area contributed by atoms with Crippen molar-refractivity contribution in [3.8, 4) is 5.75 Å². The van der Waals surface area contributed by atoms with Crippen molar-refractivity contribution < 1.29 is 9.13 Å². The minimum Gasteiger partial charge on any atom is -0.489 e. The molecule has 1 N–H and O–H groups in total. The van der Waals surface area contributed by atoms with E-state index < -0.39 is 5.67 Å². The Morgan fingerprint density at radius 3 is 2.88 bits per heavy atom. The maximum Gasteiger partial charge on any atom is 0.130 e. The molecule has 0 aliphatic carbocycles. The predicted octanol–water partition coefficient (Wildman–Crippen LogP) is 3.02. The van der Waals surface area contributed by atoms with Gasteiger partial charge in [-0.25, -0.2) is 4.39 Å². The first-order chi connectivity index (χ1) is 8.05. The molecule has 0 aromatic heterocycles. The molecule has 17 heavy (non-hydrogen) atoms. The normalized spacial score (nSPS) is 21.2. The van der Waals surface area contributed by atoms with E-state index in [1.807, 2.05) is 12.1 Å². The number of alkyl halides is 1. The lowest BCUT2D eigenvalue weighted by molar-refractivity contribution is 0.165. The Morgan fingerprint density at radius 1 is 1.41 bits per heavy atom. The molecular formula is C14H20FNO. The van der Waals surface area contributed by atoms with Gasteiger partial charge in [-0.2, -0.15) is 0 Å². The summed E-state index contributed by atoms with van der Waals surface area (Å²) in [7, 11) is 0. The maximum absolute atomic E-state index is 13.8. The van der Waals surface area contributed by atoms with Crippen LogP contribution in [0.25, 0.3) is 0 Å². The highest BCUT2D eigenvalue weighted by Gasteiger charge is 2.20. The first kappa shape index (κ1) is 12.4. The van der Waals surface area contributed by atoms with Crippen LogP contribution in [-0.4, -0.2) is 19.2 Å². The molecule has 0 radical (unpaired) electrons. The van der Waals surface area contributed by atoms with E-state index in [1.165, 1.54) is 0 Å². The van der Waals surface area contributed by atoms with Crippen LogP contribution in [0.15, 0.2) is 24.3 Å². The van der Waals surface area contributed by atoms with Gasteiger partial charge in [0.25, 0.3) is 0 Å². The van der Waals surface area contributed by atoms with Crippen molar-refractivity contribution in [2.75, 3.05) is 13.1 Å². The maximum atomic E-state index is 13.8. The van der Waals surface area contributed by atoms with Crippen LogP contribution in [0.4, 0.5) is 4.39 Å². The molecule has 1 aliphatic rings. The second-order valence-corrected chi connectivity index (χ2v) is 5.09. The van der Waals surface area contributed by atoms with Crippen molar-refractivity contribution in [1.29, 1.82) is 0 Å². The molecule has 1 aromatic rings. The molecule has 1 atom stereocenters. The third-order valence-electron chi connectivity index (χ3n) is 3.07. The summed E-state index contributed by atoms with van der Waals surface area (Å²) >= 11 is 0. The average molecular weight is 237 g/mol. The summed E-state index contributed by atoms with van der Waals surface area (Å²) in [6.45, 7) is 5.07. The number of piperidine rings is 1. The van der Waals surface area contributed by atoms with Crippen LogP contribution in [0.3, 0.4) is 0 Å². The SMILES string of the molecule is CC(C)(F)c1cccc(OC2CCCNC2)c1. The van der Waals surface area contributed by atoms with Crippen LogP contribution in [0, 0.1) is 0 Å². The van der Waals surface area contributed by atoms with Crippen molar-refractivity contribution in [2.45, 2.75) is 38.5 Å². The summed E-state index contributed by atoms with van der Waals surface area (Å²) in [5, 5.41) is 3.30. The lowest BCUT2D eigenvalue weighted by atomic mass is 10.0. The van der Waals surface area contributed by atoms with Gasteiger partial charge in [0.15, 0.2) is 0 Å². The molecule has 1 aliphatic heterocycles. The molecule has 2 nitrogen and oxygen atoms in total. The average Bonchev–Trinajstić information content (AvgIpc) is 2.29. The van der Waals surface area contributed by atoms with Crippen LogP contribution >= 0.6 is 0 Å². The summed E-state index contributed by atoms with van der Waals surface area (Å²) in [5.74, 6) is 0.766. The van der Waals surface area contributed by atoms with Gasteiger partial charge in [0.2, 0.25) is 0 Å². The number of benzene rings is 1. The molecular weight excluding hydrogens is 217 g/mol. The highest BCUT2D eigenvalue weighted by molar-refractivity contribution is 5.31. The van der Waals surface area contributed by atoms with E-state index in [-0.39, 0.29) is 6.10 Å². The Balaban J connectivity index is 2.05. The summed E-state index contributed by atoms with van der Waals surface area (Å²) < 4.78 is 19.7. The highest BCUT2D eigenvalue weighted by atomic mass is 19.1. The van der Waals surface area contributed by atoms with Crippen molar-refractivity contribution in [2.24, 2.45) is 0 Å². The largest absolute Gasteiger partial charge is 0.489 e. The Bertz CT molecular complexity index is 367. The van der Waals surface area contributed by atoms with E-state index in [9.17, 15) is 4.39 Å². The second kappa shape index (κ2) is 5.05. The van der Waals surface area contributed by atoms with Crippen molar-refractivity contribution in [3.63, 3.8) is 0 Å². The van der Waals surface area contributed by atoms with Gasteiger partial charge in [-0.15, -0.1) is 0 Å². The molecule has 2 rings (SSSR count). The Morgan fingerprint density at radius 2 is 2.24 bits per heavy atom. The quantitative estimate of drug-likeness (QED) is 0.872. The van der Waals surface area contributed by atoms with Gasteiger partial charge in [0, 0.05) is 6.54 Å². The van der Waals surface area contributed by atoms with Crippen LogP contribution in [0.2, 0.25) is 0 Å². The van der Waals surface area contributed by atoms with Gasteiger partial charge in [0.1, 0.15) is 17.5 Å². The molecule has 0 saturated carbocycles. The third kappa shape index (κ3) is 3.43. The minimum absolute atomic E-state index is 0.210. The fraction of sp³-hybridized carbons (Fsp3) is 0.571. The molecule has 1 saturated heterocycles. The van der Waals surface area contributed by atoms with Crippen LogP contribution in [-0.2, 0) is 5.67 Å². The van der Waals surface area contributed by atoms with E-state index in [2.05, 4.69) is 5.32 Å².